The smallest absolute Gasteiger partial charge is 0.424 e. The maximum Gasteiger partial charge on any atom is 0.424 e. The van der Waals surface area contributed by atoms with Gasteiger partial charge in [0.25, 0.3) is 0 Å². The zero-order valence-corrected chi connectivity index (χ0v) is 19.2. The Morgan fingerprint density at radius 3 is 1.94 bits per heavy atom. The topological polar surface area (TPSA) is 18.5 Å². The second-order valence-corrected chi connectivity index (χ2v) is 10.4. The lowest BCUT2D eigenvalue weighted by molar-refractivity contribution is -0.266. The van der Waals surface area contributed by atoms with E-state index < -0.39 is 18.0 Å². The molecule has 0 bridgehead atoms. The predicted octanol–water partition coefficient (Wildman–Crippen LogP) is 7.78. The molecule has 3 aliphatic rings. The third-order valence-corrected chi connectivity index (χ3v) is 7.95. The van der Waals surface area contributed by atoms with Crippen molar-refractivity contribution in [3.63, 3.8) is 0 Å². The van der Waals surface area contributed by atoms with Gasteiger partial charge in [-0.25, -0.2) is 4.39 Å². The maximum atomic E-state index is 14.5. The van der Waals surface area contributed by atoms with Crippen molar-refractivity contribution in [1.29, 1.82) is 0 Å². The molecule has 1 aromatic carbocycles. The number of alkyl halides is 2. The first-order valence-corrected chi connectivity index (χ1v) is 12.5. The molecule has 32 heavy (non-hydrogen) atoms. The number of allylic oxidation sites excluding steroid dienone is 2. The van der Waals surface area contributed by atoms with Gasteiger partial charge in [-0.1, -0.05) is 31.9 Å². The van der Waals surface area contributed by atoms with Gasteiger partial charge in [-0.05, 0) is 105 Å². The second-order valence-electron chi connectivity index (χ2n) is 10.4. The molecule has 4 rings (SSSR count). The van der Waals surface area contributed by atoms with Crippen LogP contribution in [0, 0.1) is 35.4 Å². The lowest BCUT2D eigenvalue weighted by Gasteiger charge is -2.39. The van der Waals surface area contributed by atoms with Crippen molar-refractivity contribution in [3.05, 3.63) is 42.2 Å². The Labute approximate surface area is 190 Å². The van der Waals surface area contributed by atoms with Gasteiger partial charge in [-0.3, -0.25) is 0 Å². The monoisotopic (exact) mass is 450 g/mol. The molecule has 2 nitrogen and oxygen atoms in total. The Kier molecular flexibility index (Phi) is 7.86. The van der Waals surface area contributed by atoms with Crippen LogP contribution >= 0.6 is 0 Å². The molecule has 2 aliphatic carbocycles. The minimum Gasteiger partial charge on any atom is -0.431 e. The zero-order valence-electron chi connectivity index (χ0n) is 19.2. The van der Waals surface area contributed by atoms with Gasteiger partial charge in [-0.2, -0.15) is 8.78 Å². The van der Waals surface area contributed by atoms with E-state index in [1.807, 2.05) is 0 Å². The summed E-state index contributed by atoms with van der Waals surface area (Å²) < 4.78 is 52.5. The molecular weight excluding hydrogens is 413 g/mol. The molecule has 2 unspecified atom stereocenters. The quantitative estimate of drug-likeness (QED) is 0.412. The molecule has 2 saturated carbocycles. The summed E-state index contributed by atoms with van der Waals surface area (Å²) in [6, 6.07) is 4.67. The fourth-order valence-corrected chi connectivity index (χ4v) is 5.74. The Morgan fingerprint density at radius 2 is 1.38 bits per heavy atom. The number of benzene rings is 1. The fraction of sp³-hybridized carbons (Fsp3) is 0.704. The van der Waals surface area contributed by atoms with Crippen molar-refractivity contribution in [3.8, 4) is 5.75 Å². The van der Waals surface area contributed by atoms with Crippen molar-refractivity contribution in [2.24, 2.45) is 29.6 Å². The molecule has 0 amide bonds. The van der Waals surface area contributed by atoms with Crippen LogP contribution in [0.1, 0.15) is 71.1 Å². The minimum atomic E-state index is -3.41. The molecule has 1 aromatic rings. The molecule has 1 heterocycles. The number of hydrogen-bond acceptors (Lipinski definition) is 2. The Bertz CT molecular complexity index is 724. The lowest BCUT2D eigenvalue weighted by Crippen LogP contribution is -2.45. The highest BCUT2D eigenvalue weighted by atomic mass is 19.3. The van der Waals surface area contributed by atoms with Gasteiger partial charge in [0.05, 0.1) is 6.61 Å². The van der Waals surface area contributed by atoms with Crippen LogP contribution in [-0.2, 0) is 4.74 Å². The Hall–Kier alpha value is -1.49. The van der Waals surface area contributed by atoms with E-state index in [9.17, 15) is 13.2 Å². The zero-order chi connectivity index (χ0) is 22.6. The molecule has 0 aromatic heterocycles. The minimum absolute atomic E-state index is 0.0451. The highest BCUT2D eigenvalue weighted by Gasteiger charge is 2.46. The van der Waals surface area contributed by atoms with Crippen molar-refractivity contribution in [2.45, 2.75) is 83.3 Å². The summed E-state index contributed by atoms with van der Waals surface area (Å²) >= 11 is 0. The van der Waals surface area contributed by atoms with Crippen LogP contribution in [0.5, 0.6) is 5.75 Å². The van der Waals surface area contributed by atoms with E-state index in [0.29, 0.717) is 30.8 Å². The summed E-state index contributed by atoms with van der Waals surface area (Å²) in [5, 5.41) is 0. The van der Waals surface area contributed by atoms with Crippen molar-refractivity contribution >= 4 is 0 Å². The van der Waals surface area contributed by atoms with Gasteiger partial charge in [0.1, 0.15) is 11.6 Å². The van der Waals surface area contributed by atoms with Crippen molar-refractivity contribution in [2.75, 3.05) is 6.61 Å². The van der Waals surface area contributed by atoms with Crippen LogP contribution in [0.15, 0.2) is 36.4 Å². The molecule has 0 radical (unpaired) electrons. The highest BCUT2D eigenvalue weighted by Crippen LogP contribution is 2.41. The van der Waals surface area contributed by atoms with Crippen LogP contribution < -0.4 is 4.74 Å². The average Bonchev–Trinajstić information content (AvgIpc) is 2.81. The summed E-state index contributed by atoms with van der Waals surface area (Å²) in [6.45, 7) is 2.73. The molecular formula is C27H37F3O2. The van der Waals surface area contributed by atoms with E-state index in [0.717, 1.165) is 43.2 Å². The first-order valence-electron chi connectivity index (χ1n) is 12.5. The molecule has 0 N–H and O–H groups in total. The number of hydrogen-bond donors (Lipinski definition) is 0. The molecule has 0 spiro atoms. The Balaban J connectivity index is 1.19. The first kappa shape index (κ1) is 23.7. The van der Waals surface area contributed by atoms with E-state index in [4.69, 9.17) is 9.47 Å². The number of rotatable bonds is 6. The summed E-state index contributed by atoms with van der Waals surface area (Å²) in [6.07, 6.45) is 11.5. The van der Waals surface area contributed by atoms with Crippen molar-refractivity contribution in [1.82, 2.24) is 0 Å². The van der Waals surface area contributed by atoms with Crippen LogP contribution in [0.25, 0.3) is 0 Å². The van der Waals surface area contributed by atoms with Crippen LogP contribution in [0.4, 0.5) is 13.2 Å². The van der Waals surface area contributed by atoms with Crippen LogP contribution in [0.3, 0.4) is 0 Å². The SMILES string of the molecule is CC1CCC(/C=C/C2CCC(C3CCC(C(F)(F)Oc4ccc(F)cc4)OC3)CC2)CC1. The largest absolute Gasteiger partial charge is 0.431 e. The molecule has 1 saturated heterocycles. The average molecular weight is 451 g/mol. The van der Waals surface area contributed by atoms with Gasteiger partial charge < -0.3 is 9.47 Å². The van der Waals surface area contributed by atoms with E-state index in [1.54, 1.807) is 0 Å². The molecule has 2 atom stereocenters. The summed E-state index contributed by atoms with van der Waals surface area (Å²) in [5.41, 5.74) is 0. The van der Waals surface area contributed by atoms with Crippen LogP contribution in [0.2, 0.25) is 0 Å². The Morgan fingerprint density at radius 1 is 0.812 bits per heavy atom. The lowest BCUT2D eigenvalue weighted by atomic mass is 9.73. The van der Waals surface area contributed by atoms with E-state index >= 15 is 0 Å². The number of ether oxygens (including phenoxy) is 2. The standard InChI is InChI=1S/C27H37F3O2/c1-19-2-4-20(5-3-19)6-7-21-8-10-22(11-9-21)23-12-17-26(31-18-23)27(29,30)32-25-15-13-24(28)14-16-25/h6-7,13-16,19-23,26H,2-5,8-12,17-18H2,1H3/b7-6+. The van der Waals surface area contributed by atoms with Crippen LogP contribution in [-0.4, -0.2) is 18.8 Å². The molecule has 5 heteroatoms. The molecule has 178 valence electrons. The third-order valence-electron chi connectivity index (χ3n) is 7.95. The molecule has 3 fully saturated rings. The highest BCUT2D eigenvalue weighted by molar-refractivity contribution is 5.22. The first-order chi connectivity index (χ1) is 15.4. The fourth-order valence-electron chi connectivity index (χ4n) is 5.74. The summed E-state index contributed by atoms with van der Waals surface area (Å²) in [4.78, 5) is 0. The summed E-state index contributed by atoms with van der Waals surface area (Å²) in [5.74, 6) is 2.74. The van der Waals surface area contributed by atoms with Gasteiger partial charge in [0.2, 0.25) is 0 Å². The summed E-state index contributed by atoms with van der Waals surface area (Å²) in [7, 11) is 0. The van der Waals surface area contributed by atoms with E-state index in [1.165, 1.54) is 50.7 Å². The van der Waals surface area contributed by atoms with Gasteiger partial charge in [0.15, 0.2) is 6.10 Å². The molecule has 1 aliphatic heterocycles. The van der Waals surface area contributed by atoms with E-state index in [-0.39, 0.29) is 5.75 Å². The second kappa shape index (κ2) is 10.6. The van der Waals surface area contributed by atoms with Crippen molar-refractivity contribution < 1.29 is 22.6 Å². The predicted molar refractivity (Wildman–Crippen MR) is 120 cm³/mol. The van der Waals surface area contributed by atoms with Gasteiger partial charge >= 0.3 is 6.11 Å². The number of halogens is 3. The van der Waals surface area contributed by atoms with E-state index in [2.05, 4.69) is 19.1 Å². The third kappa shape index (κ3) is 6.30. The van der Waals surface area contributed by atoms with Gasteiger partial charge in [0, 0.05) is 0 Å². The normalized spacial score (nSPS) is 34.5. The maximum absolute atomic E-state index is 14.5. The van der Waals surface area contributed by atoms with Gasteiger partial charge in [-0.15, -0.1) is 0 Å².